The maximum atomic E-state index is 13.1. The van der Waals surface area contributed by atoms with Gasteiger partial charge in [-0.3, -0.25) is 0 Å². The third kappa shape index (κ3) is 4.80. The molecule has 1 rings (SSSR count). The second-order valence-corrected chi connectivity index (χ2v) is 6.60. The first kappa shape index (κ1) is 20.6. The number of hydrogen-bond donors (Lipinski definition) is 2. The Kier molecular flexibility index (Phi) is 5.89. The van der Waals surface area contributed by atoms with Crippen molar-refractivity contribution < 1.29 is 44.3 Å². The van der Waals surface area contributed by atoms with Gasteiger partial charge in [-0.15, -0.1) is 0 Å². The summed E-state index contributed by atoms with van der Waals surface area (Å²) in [6.07, 6.45) is -11.7. The van der Waals surface area contributed by atoms with Crippen LogP contribution in [-0.4, -0.2) is 38.5 Å². The molecule has 0 amide bonds. The summed E-state index contributed by atoms with van der Waals surface area (Å²) < 4.78 is 114. The lowest BCUT2D eigenvalue weighted by Gasteiger charge is -2.29. The van der Waals surface area contributed by atoms with Crippen molar-refractivity contribution in [2.45, 2.75) is 30.2 Å². The number of aliphatic hydroxyl groups excluding tert-OH is 1. The van der Waals surface area contributed by atoms with Crippen molar-refractivity contribution in [3.63, 3.8) is 0 Å². The monoisotopic (exact) mass is 383 g/mol. The van der Waals surface area contributed by atoms with Crippen LogP contribution in [0.3, 0.4) is 0 Å². The fourth-order valence-corrected chi connectivity index (χ4v) is 3.23. The third-order valence-corrected chi connectivity index (χ3v) is 4.54. The minimum atomic E-state index is -5.84. The topological polar surface area (TPSA) is 66.4 Å². The van der Waals surface area contributed by atoms with Crippen LogP contribution in [-0.2, 0) is 10.0 Å². The predicted molar refractivity (Wildman–Crippen MR) is 67.9 cm³/mol. The van der Waals surface area contributed by atoms with Crippen molar-refractivity contribution in [3.05, 3.63) is 29.6 Å². The number of alkyl halides is 6. The lowest BCUT2D eigenvalue weighted by Crippen LogP contribution is -2.54. The van der Waals surface area contributed by atoms with Crippen molar-refractivity contribution in [3.8, 4) is 0 Å². The molecule has 0 saturated heterocycles. The summed E-state index contributed by atoms with van der Waals surface area (Å²) in [6.45, 7) is -0.588. The molecule has 12 heteroatoms. The first-order chi connectivity index (χ1) is 10.7. The minimum Gasteiger partial charge on any atom is -0.395 e. The van der Waals surface area contributed by atoms with Gasteiger partial charge in [0.15, 0.2) is 5.92 Å². The van der Waals surface area contributed by atoms with Gasteiger partial charge in [0.1, 0.15) is 5.82 Å². The van der Waals surface area contributed by atoms with Crippen LogP contribution >= 0.6 is 0 Å². The Labute approximate surface area is 132 Å². The number of halogens is 7. The molecule has 0 spiro atoms. The van der Waals surface area contributed by atoms with Crippen LogP contribution in [0.2, 0.25) is 0 Å². The van der Waals surface area contributed by atoms with E-state index < -0.39 is 51.7 Å². The van der Waals surface area contributed by atoms with E-state index in [0.717, 1.165) is 13.0 Å². The van der Waals surface area contributed by atoms with E-state index in [-0.39, 0.29) is 5.56 Å². The number of sulfonamides is 1. The summed E-state index contributed by atoms with van der Waals surface area (Å²) in [6, 6.07) is -0.777. The maximum absolute atomic E-state index is 13.1. The second kappa shape index (κ2) is 6.84. The number of rotatable bonds is 5. The molecule has 4 nitrogen and oxygen atoms in total. The molecule has 0 aliphatic heterocycles. The molecular formula is C12H12F7NO3S. The molecule has 2 N–H and O–H groups in total. The van der Waals surface area contributed by atoms with Crippen LogP contribution < -0.4 is 4.72 Å². The summed E-state index contributed by atoms with van der Waals surface area (Å²) in [5.41, 5.74) is -0.179. The van der Waals surface area contributed by atoms with Crippen LogP contribution in [0.15, 0.2) is 23.1 Å². The normalized spacial score (nSPS) is 14.9. The first-order valence-electron chi connectivity index (χ1n) is 6.23. The van der Waals surface area contributed by atoms with Gasteiger partial charge in [0, 0.05) is 0 Å². The van der Waals surface area contributed by atoms with Gasteiger partial charge in [-0.05, 0) is 30.7 Å². The van der Waals surface area contributed by atoms with Gasteiger partial charge in [0.2, 0.25) is 10.0 Å². The Morgan fingerprint density at radius 3 is 2.00 bits per heavy atom. The zero-order valence-electron chi connectivity index (χ0n) is 11.9. The Hall–Kier alpha value is -1.40. The summed E-state index contributed by atoms with van der Waals surface area (Å²) in [4.78, 5) is -0.733. The van der Waals surface area contributed by atoms with Crippen LogP contribution in [0.1, 0.15) is 5.56 Å². The highest BCUT2D eigenvalue weighted by Gasteiger charge is 2.60. The molecule has 0 aliphatic carbocycles. The Morgan fingerprint density at radius 2 is 1.62 bits per heavy atom. The lowest BCUT2D eigenvalue weighted by molar-refractivity contribution is -0.292. The summed E-state index contributed by atoms with van der Waals surface area (Å²) in [7, 11) is -4.85. The van der Waals surface area contributed by atoms with Crippen molar-refractivity contribution in [2.75, 3.05) is 6.61 Å². The van der Waals surface area contributed by atoms with E-state index in [4.69, 9.17) is 5.11 Å². The maximum Gasteiger partial charge on any atom is 0.402 e. The van der Waals surface area contributed by atoms with Crippen molar-refractivity contribution in [2.24, 2.45) is 5.92 Å². The summed E-state index contributed by atoms with van der Waals surface area (Å²) in [5, 5.41) is 8.85. The molecule has 0 fully saturated rings. The first-order valence-corrected chi connectivity index (χ1v) is 7.71. The smallest absolute Gasteiger partial charge is 0.395 e. The van der Waals surface area contributed by atoms with E-state index in [1.807, 2.05) is 0 Å². The highest BCUT2D eigenvalue weighted by molar-refractivity contribution is 7.89. The van der Waals surface area contributed by atoms with Gasteiger partial charge < -0.3 is 5.11 Å². The number of aliphatic hydroxyl groups is 1. The van der Waals surface area contributed by atoms with E-state index in [1.165, 1.54) is 4.72 Å². The van der Waals surface area contributed by atoms with Crippen molar-refractivity contribution in [1.29, 1.82) is 0 Å². The molecule has 1 unspecified atom stereocenters. The molecule has 0 radical (unpaired) electrons. The van der Waals surface area contributed by atoms with Gasteiger partial charge in [-0.2, -0.15) is 26.3 Å². The fraction of sp³-hybridized carbons (Fsp3) is 0.500. The molecule has 138 valence electrons. The zero-order valence-corrected chi connectivity index (χ0v) is 12.7. The van der Waals surface area contributed by atoms with E-state index in [1.54, 1.807) is 0 Å². The Balaban J connectivity index is 3.24. The predicted octanol–water partition coefficient (Wildman–Crippen LogP) is 2.51. The zero-order chi connectivity index (χ0) is 18.9. The standard InChI is InChI=1S/C12H12F7NO3S/c1-6-4-7(2-3-8(6)13)24(22,23)20-9(5-21)10(11(14,15)16)12(17,18)19/h2-4,9-10,20-21H,5H2,1H3. The average Bonchev–Trinajstić information content (AvgIpc) is 2.37. The van der Waals surface area contributed by atoms with Crippen molar-refractivity contribution >= 4 is 10.0 Å². The van der Waals surface area contributed by atoms with Crippen LogP contribution in [0.5, 0.6) is 0 Å². The molecule has 1 atom stereocenters. The van der Waals surface area contributed by atoms with E-state index >= 15 is 0 Å². The second-order valence-electron chi connectivity index (χ2n) is 4.88. The molecule has 0 saturated carbocycles. The van der Waals surface area contributed by atoms with Crippen LogP contribution in [0.4, 0.5) is 30.7 Å². The molecule has 0 aromatic heterocycles. The van der Waals surface area contributed by atoms with Crippen LogP contribution in [0.25, 0.3) is 0 Å². The van der Waals surface area contributed by atoms with Crippen molar-refractivity contribution in [1.82, 2.24) is 4.72 Å². The molecular weight excluding hydrogens is 371 g/mol. The fourth-order valence-electron chi connectivity index (χ4n) is 1.90. The van der Waals surface area contributed by atoms with Gasteiger partial charge in [0.25, 0.3) is 0 Å². The highest BCUT2D eigenvalue weighted by Crippen LogP contribution is 2.41. The molecule has 0 heterocycles. The number of hydrogen-bond acceptors (Lipinski definition) is 3. The lowest BCUT2D eigenvalue weighted by atomic mass is 10.00. The van der Waals surface area contributed by atoms with Gasteiger partial charge in [0.05, 0.1) is 17.5 Å². The van der Waals surface area contributed by atoms with E-state index in [9.17, 15) is 39.2 Å². The van der Waals surface area contributed by atoms with E-state index in [0.29, 0.717) is 12.1 Å². The molecule has 0 aliphatic rings. The van der Waals surface area contributed by atoms with E-state index in [2.05, 4.69) is 0 Å². The molecule has 1 aromatic rings. The third-order valence-electron chi connectivity index (χ3n) is 3.05. The number of aryl methyl sites for hydroxylation is 1. The quantitative estimate of drug-likeness (QED) is 0.768. The molecule has 0 bridgehead atoms. The van der Waals surface area contributed by atoms with Gasteiger partial charge in [-0.25, -0.2) is 17.5 Å². The van der Waals surface area contributed by atoms with Gasteiger partial charge >= 0.3 is 12.4 Å². The summed E-state index contributed by atoms with van der Waals surface area (Å²) in [5.74, 6) is -4.91. The SMILES string of the molecule is Cc1cc(S(=O)(=O)NC(CO)C(C(F)(F)F)C(F)(F)F)ccc1F. The average molecular weight is 383 g/mol. The number of benzene rings is 1. The summed E-state index contributed by atoms with van der Waals surface area (Å²) >= 11 is 0. The highest BCUT2D eigenvalue weighted by atomic mass is 32.2. The number of nitrogens with one attached hydrogen (secondary N) is 1. The Morgan fingerprint density at radius 1 is 1.12 bits per heavy atom. The Bertz CT molecular complexity index is 671. The molecule has 24 heavy (non-hydrogen) atoms. The van der Waals surface area contributed by atoms with Crippen LogP contribution in [0, 0.1) is 18.7 Å². The minimum absolute atomic E-state index is 0.179. The largest absolute Gasteiger partial charge is 0.402 e. The molecule has 1 aromatic carbocycles. The van der Waals surface area contributed by atoms with Gasteiger partial charge in [-0.1, -0.05) is 0 Å².